The van der Waals surface area contributed by atoms with E-state index in [1.54, 1.807) is 11.8 Å². The van der Waals surface area contributed by atoms with E-state index in [9.17, 15) is 19.2 Å². The first kappa shape index (κ1) is 33.3. The van der Waals surface area contributed by atoms with Gasteiger partial charge in [0.1, 0.15) is 24.1 Å². The van der Waals surface area contributed by atoms with Crippen LogP contribution in [0.4, 0.5) is 0 Å². The molecular weight excluding hydrogens is 574 g/mol. The average Bonchev–Trinajstić information content (AvgIpc) is 2.99. The van der Waals surface area contributed by atoms with Crippen molar-refractivity contribution in [2.45, 2.75) is 51.6 Å². The van der Waals surface area contributed by atoms with Crippen LogP contribution in [0, 0.1) is 5.92 Å². The third-order valence-electron chi connectivity index (χ3n) is 6.75. The van der Waals surface area contributed by atoms with E-state index >= 15 is 0 Å². The molecule has 11 heteroatoms. The Bertz CT molecular complexity index is 1140. The quantitative estimate of drug-likeness (QED) is 0.208. The molecule has 0 radical (unpaired) electrons. The first-order valence-electron chi connectivity index (χ1n) is 14.2. The van der Waals surface area contributed by atoms with Crippen LogP contribution in [0.5, 0.6) is 11.5 Å². The number of benzene rings is 2. The molecule has 1 fully saturated rings. The van der Waals surface area contributed by atoms with Gasteiger partial charge in [-0.25, -0.2) is 0 Å². The summed E-state index contributed by atoms with van der Waals surface area (Å²) in [4.78, 5) is 51.2. The molecule has 2 N–H and O–H groups in total. The second-order valence-electron chi connectivity index (χ2n) is 10.2. The highest BCUT2D eigenvalue weighted by Crippen LogP contribution is 2.27. The van der Waals surface area contributed by atoms with E-state index in [0.29, 0.717) is 24.0 Å². The smallest absolute Gasteiger partial charge is 0.303 e. The van der Waals surface area contributed by atoms with Crippen molar-refractivity contribution in [1.82, 2.24) is 15.5 Å². The van der Waals surface area contributed by atoms with E-state index in [4.69, 9.17) is 9.47 Å². The number of carbonyl (C=O) groups is 4. The molecule has 2 aromatic rings. The van der Waals surface area contributed by atoms with Gasteiger partial charge in [-0.3, -0.25) is 19.2 Å². The Hall–Kier alpha value is -3.18. The molecule has 3 amide bonds. The van der Waals surface area contributed by atoms with Gasteiger partial charge in [0.05, 0.1) is 5.88 Å². The second kappa shape index (κ2) is 18.4. The van der Waals surface area contributed by atoms with Crippen molar-refractivity contribution < 1.29 is 28.7 Å². The highest BCUT2D eigenvalue weighted by atomic mass is 32.2. The predicted octanol–water partition coefficient (Wildman–Crippen LogP) is 4.61. The van der Waals surface area contributed by atoms with Gasteiger partial charge in [0.25, 0.3) is 5.91 Å². The number of para-hydroxylation sites is 1. The summed E-state index contributed by atoms with van der Waals surface area (Å²) >= 11 is 3.04. The van der Waals surface area contributed by atoms with Crippen LogP contribution in [0.3, 0.4) is 0 Å². The SMILES string of the molecule is CSCN(CC(=O)N[C@@H](CSCC1CCCCC1)C(=O)NCc1ccc(Oc2ccccc2)cc1)C(=O)COC(C)=O. The Balaban J connectivity index is 1.57. The molecule has 9 nitrogen and oxygen atoms in total. The summed E-state index contributed by atoms with van der Waals surface area (Å²) in [6.07, 6.45) is 7.98. The van der Waals surface area contributed by atoms with Crippen LogP contribution in [-0.4, -0.2) is 71.4 Å². The topological polar surface area (TPSA) is 114 Å². The molecule has 2 aromatic carbocycles. The summed E-state index contributed by atoms with van der Waals surface area (Å²) in [5.41, 5.74) is 0.894. The van der Waals surface area contributed by atoms with Crippen molar-refractivity contribution >= 4 is 47.2 Å². The van der Waals surface area contributed by atoms with Crippen molar-refractivity contribution in [1.29, 1.82) is 0 Å². The fraction of sp³-hybridized carbons (Fsp3) is 0.484. The Kier molecular flexibility index (Phi) is 14.6. The van der Waals surface area contributed by atoms with Crippen molar-refractivity contribution in [2.24, 2.45) is 5.92 Å². The van der Waals surface area contributed by atoms with Crippen LogP contribution in [0.1, 0.15) is 44.6 Å². The lowest BCUT2D eigenvalue weighted by Gasteiger charge is -2.25. The van der Waals surface area contributed by atoms with Crippen LogP contribution in [-0.2, 0) is 30.5 Å². The third-order valence-corrected chi connectivity index (χ3v) is 8.60. The molecule has 1 atom stereocenters. The van der Waals surface area contributed by atoms with E-state index in [1.807, 2.05) is 60.9 Å². The van der Waals surface area contributed by atoms with Crippen LogP contribution in [0.25, 0.3) is 0 Å². The monoisotopic (exact) mass is 615 g/mol. The Labute approximate surface area is 256 Å². The van der Waals surface area contributed by atoms with Gasteiger partial charge in [0, 0.05) is 19.2 Å². The zero-order valence-corrected chi connectivity index (χ0v) is 26.0. The second-order valence-corrected chi connectivity index (χ2v) is 12.1. The normalized spacial score (nSPS) is 14.0. The summed E-state index contributed by atoms with van der Waals surface area (Å²) in [6, 6.07) is 16.2. The van der Waals surface area contributed by atoms with Gasteiger partial charge in [-0.1, -0.05) is 49.6 Å². The van der Waals surface area contributed by atoms with Crippen LogP contribution < -0.4 is 15.4 Å². The number of hydrogen-bond donors (Lipinski definition) is 2. The molecule has 0 spiro atoms. The molecule has 3 rings (SSSR count). The molecule has 0 aliphatic heterocycles. The number of amides is 3. The van der Waals surface area contributed by atoms with Gasteiger partial charge in [-0.2, -0.15) is 11.8 Å². The van der Waals surface area contributed by atoms with Crippen LogP contribution in [0.15, 0.2) is 54.6 Å². The number of hydrogen-bond acceptors (Lipinski definition) is 8. The molecular formula is C31H41N3O6S2. The number of rotatable bonds is 16. The lowest BCUT2D eigenvalue weighted by molar-refractivity contribution is -0.150. The maximum absolute atomic E-state index is 13.3. The van der Waals surface area contributed by atoms with Crippen molar-refractivity contribution in [3.8, 4) is 11.5 Å². The van der Waals surface area contributed by atoms with Crippen LogP contribution in [0.2, 0.25) is 0 Å². The van der Waals surface area contributed by atoms with E-state index in [-0.39, 0.29) is 18.3 Å². The summed E-state index contributed by atoms with van der Waals surface area (Å²) in [5.74, 6) is 1.94. The minimum absolute atomic E-state index is 0.235. The van der Waals surface area contributed by atoms with Crippen LogP contribution >= 0.6 is 23.5 Å². The number of carbonyl (C=O) groups excluding carboxylic acids is 4. The number of nitrogens with zero attached hydrogens (tertiary/aromatic N) is 1. The fourth-order valence-electron chi connectivity index (χ4n) is 4.53. The summed E-state index contributed by atoms with van der Waals surface area (Å²) in [7, 11) is 0. The Morgan fingerprint density at radius 3 is 2.33 bits per heavy atom. The van der Waals surface area contributed by atoms with Gasteiger partial charge >= 0.3 is 5.97 Å². The van der Waals surface area contributed by atoms with Gasteiger partial charge < -0.3 is 25.0 Å². The molecule has 0 unspecified atom stereocenters. The van der Waals surface area contributed by atoms with Gasteiger partial charge in [-0.15, -0.1) is 11.8 Å². The maximum Gasteiger partial charge on any atom is 0.303 e. The molecule has 0 saturated heterocycles. The zero-order valence-electron chi connectivity index (χ0n) is 24.3. The molecule has 228 valence electrons. The van der Waals surface area contributed by atoms with Gasteiger partial charge in [-0.05, 0) is 60.6 Å². The molecule has 1 saturated carbocycles. The molecule has 1 aliphatic rings. The Morgan fingerprint density at radius 1 is 0.976 bits per heavy atom. The van der Waals surface area contributed by atoms with Crippen molar-refractivity contribution in [3.05, 3.63) is 60.2 Å². The van der Waals surface area contributed by atoms with E-state index in [2.05, 4.69) is 10.6 Å². The Morgan fingerprint density at radius 2 is 1.67 bits per heavy atom. The van der Waals surface area contributed by atoms with E-state index < -0.39 is 30.4 Å². The summed E-state index contributed by atoms with van der Waals surface area (Å²) in [5, 5.41) is 5.78. The molecule has 42 heavy (non-hydrogen) atoms. The minimum Gasteiger partial charge on any atom is -0.457 e. The first-order valence-corrected chi connectivity index (χ1v) is 16.8. The lowest BCUT2D eigenvalue weighted by atomic mass is 9.91. The van der Waals surface area contributed by atoms with Crippen molar-refractivity contribution in [2.75, 3.05) is 36.8 Å². The average molecular weight is 616 g/mol. The first-order chi connectivity index (χ1) is 20.3. The largest absolute Gasteiger partial charge is 0.457 e. The lowest BCUT2D eigenvalue weighted by Crippen LogP contribution is -2.51. The van der Waals surface area contributed by atoms with Crippen molar-refractivity contribution in [3.63, 3.8) is 0 Å². The van der Waals surface area contributed by atoms with E-state index in [1.165, 1.54) is 55.7 Å². The highest BCUT2D eigenvalue weighted by molar-refractivity contribution is 7.99. The number of ether oxygens (including phenoxy) is 2. The summed E-state index contributed by atoms with van der Waals surface area (Å²) < 4.78 is 10.6. The molecule has 1 aliphatic carbocycles. The minimum atomic E-state index is -0.758. The number of nitrogens with one attached hydrogen (secondary N) is 2. The van der Waals surface area contributed by atoms with E-state index in [0.717, 1.165) is 17.1 Å². The van der Waals surface area contributed by atoms with Gasteiger partial charge in [0.15, 0.2) is 6.61 Å². The predicted molar refractivity (Wildman–Crippen MR) is 167 cm³/mol. The zero-order chi connectivity index (χ0) is 30.2. The van der Waals surface area contributed by atoms with Gasteiger partial charge in [0.2, 0.25) is 11.8 Å². The number of esters is 1. The molecule has 0 bridgehead atoms. The standard InChI is InChI=1S/C31H41N3O6S2/c1-23(35)39-19-30(37)34(22-41-2)18-29(36)33-28(21-42-20-25-9-5-3-6-10-25)31(38)32-17-24-13-15-27(16-14-24)40-26-11-7-4-8-12-26/h4,7-8,11-16,25,28H,3,5-6,9-10,17-22H2,1-2H3,(H,32,38)(H,33,36)/t28-/m0/s1. The third kappa shape index (κ3) is 12.4. The molecule has 0 heterocycles. The number of thioether (sulfide) groups is 2. The molecule has 0 aromatic heterocycles. The highest BCUT2D eigenvalue weighted by Gasteiger charge is 2.25. The maximum atomic E-state index is 13.3. The summed E-state index contributed by atoms with van der Waals surface area (Å²) in [6.45, 7) is 0.851. The fourth-order valence-corrected chi connectivity index (χ4v) is 6.35.